The Hall–Kier alpha value is -1.34. The van der Waals surface area contributed by atoms with Gasteiger partial charge in [-0.3, -0.25) is 9.79 Å². The van der Waals surface area contributed by atoms with E-state index in [0.717, 1.165) is 45.1 Å². The fourth-order valence-electron chi connectivity index (χ4n) is 2.93. The first-order valence-corrected chi connectivity index (χ1v) is 7.48. The van der Waals surface area contributed by atoms with Gasteiger partial charge in [0.15, 0.2) is 5.96 Å². The average molecular weight is 298 g/mol. The van der Waals surface area contributed by atoms with Crippen molar-refractivity contribution in [3.05, 3.63) is 0 Å². The van der Waals surface area contributed by atoms with Crippen LogP contribution in [-0.4, -0.2) is 76.9 Å². The van der Waals surface area contributed by atoms with E-state index in [2.05, 4.69) is 20.5 Å². The van der Waals surface area contributed by atoms with Crippen molar-refractivity contribution in [2.75, 3.05) is 60.2 Å². The molecular formula is C14H26N4O3. The molecule has 2 saturated heterocycles. The molecule has 0 aromatic heterocycles. The second-order valence-corrected chi connectivity index (χ2v) is 5.72. The molecule has 2 aliphatic heterocycles. The number of hydrogen-bond acceptors (Lipinski definition) is 4. The summed E-state index contributed by atoms with van der Waals surface area (Å²) in [6.45, 7) is 4.91. The lowest BCUT2D eigenvalue weighted by Gasteiger charge is -2.24. The van der Waals surface area contributed by atoms with E-state index in [-0.39, 0.29) is 12.5 Å². The van der Waals surface area contributed by atoms with E-state index in [1.807, 2.05) is 0 Å². The molecule has 0 aromatic rings. The minimum atomic E-state index is -0.0497. The molecule has 1 amide bonds. The van der Waals surface area contributed by atoms with Crippen LogP contribution >= 0.6 is 0 Å². The third-order valence-corrected chi connectivity index (χ3v) is 4.17. The zero-order chi connectivity index (χ0) is 15.1. The highest BCUT2D eigenvalue weighted by Gasteiger charge is 2.42. The van der Waals surface area contributed by atoms with Crippen molar-refractivity contribution in [2.24, 2.45) is 10.4 Å². The normalized spacial score (nSPS) is 25.6. The maximum Gasteiger partial charge on any atom is 0.239 e. The highest BCUT2D eigenvalue weighted by atomic mass is 16.5. The summed E-state index contributed by atoms with van der Waals surface area (Å²) < 4.78 is 10.4. The summed E-state index contributed by atoms with van der Waals surface area (Å²) >= 11 is 0. The molecule has 7 nitrogen and oxygen atoms in total. The van der Waals surface area contributed by atoms with Crippen LogP contribution < -0.4 is 10.6 Å². The number of guanidine groups is 1. The molecule has 2 N–H and O–H groups in total. The van der Waals surface area contributed by atoms with E-state index < -0.39 is 0 Å². The Morgan fingerprint density at radius 1 is 1.43 bits per heavy atom. The fourth-order valence-corrected chi connectivity index (χ4v) is 2.93. The Labute approximate surface area is 126 Å². The molecule has 2 heterocycles. The number of nitrogens with zero attached hydrogens (tertiary/aromatic N) is 2. The first-order chi connectivity index (χ1) is 10.2. The van der Waals surface area contributed by atoms with Crippen LogP contribution in [0.4, 0.5) is 0 Å². The smallest absolute Gasteiger partial charge is 0.239 e. The minimum absolute atomic E-state index is 0.0497. The predicted molar refractivity (Wildman–Crippen MR) is 80.3 cm³/mol. The molecule has 0 saturated carbocycles. The van der Waals surface area contributed by atoms with Gasteiger partial charge in [0.25, 0.3) is 0 Å². The van der Waals surface area contributed by atoms with Crippen molar-refractivity contribution < 1.29 is 14.3 Å². The predicted octanol–water partition coefficient (Wildman–Crippen LogP) is -0.563. The zero-order valence-electron chi connectivity index (χ0n) is 13.0. The number of nitrogens with one attached hydrogen (secondary N) is 2. The molecule has 0 radical (unpaired) electrons. The molecule has 0 aliphatic carbocycles. The summed E-state index contributed by atoms with van der Waals surface area (Å²) in [4.78, 5) is 18.2. The molecule has 21 heavy (non-hydrogen) atoms. The lowest BCUT2D eigenvalue weighted by atomic mass is 9.87. The lowest BCUT2D eigenvalue weighted by molar-refractivity contribution is -0.120. The fraction of sp³-hybridized carbons (Fsp3) is 0.857. The Morgan fingerprint density at radius 3 is 2.95 bits per heavy atom. The van der Waals surface area contributed by atoms with Gasteiger partial charge in [-0.25, -0.2) is 0 Å². The molecule has 1 unspecified atom stereocenters. The van der Waals surface area contributed by atoms with Crippen molar-refractivity contribution in [1.29, 1.82) is 0 Å². The Balaban J connectivity index is 1.75. The largest absolute Gasteiger partial charge is 0.383 e. The van der Waals surface area contributed by atoms with E-state index in [1.165, 1.54) is 0 Å². The van der Waals surface area contributed by atoms with Crippen LogP contribution in [0.5, 0.6) is 0 Å². The summed E-state index contributed by atoms with van der Waals surface area (Å²) in [7, 11) is 3.36. The van der Waals surface area contributed by atoms with E-state index in [0.29, 0.717) is 18.6 Å². The van der Waals surface area contributed by atoms with Crippen molar-refractivity contribution in [2.45, 2.75) is 12.8 Å². The second-order valence-electron chi connectivity index (χ2n) is 5.72. The van der Waals surface area contributed by atoms with Crippen LogP contribution in [-0.2, 0) is 14.3 Å². The molecule has 0 aromatic carbocycles. The van der Waals surface area contributed by atoms with Gasteiger partial charge in [-0.05, 0) is 12.8 Å². The first kappa shape index (κ1) is 16.0. The molecule has 2 rings (SSSR count). The first-order valence-electron chi connectivity index (χ1n) is 7.48. The minimum Gasteiger partial charge on any atom is -0.383 e. The zero-order valence-corrected chi connectivity index (χ0v) is 13.0. The monoisotopic (exact) mass is 298 g/mol. The highest BCUT2D eigenvalue weighted by Crippen LogP contribution is 2.37. The number of methoxy groups -OCH3 is 1. The molecule has 2 fully saturated rings. The summed E-state index contributed by atoms with van der Waals surface area (Å²) in [6, 6.07) is 0. The Morgan fingerprint density at radius 2 is 2.29 bits per heavy atom. The van der Waals surface area contributed by atoms with E-state index >= 15 is 0 Å². The van der Waals surface area contributed by atoms with Crippen molar-refractivity contribution >= 4 is 11.9 Å². The summed E-state index contributed by atoms with van der Waals surface area (Å²) in [5, 5.41) is 5.91. The highest BCUT2D eigenvalue weighted by molar-refractivity contribution is 5.86. The second kappa shape index (κ2) is 7.61. The summed E-state index contributed by atoms with van der Waals surface area (Å²) in [5.74, 6) is 0.743. The van der Waals surface area contributed by atoms with E-state index in [9.17, 15) is 4.79 Å². The van der Waals surface area contributed by atoms with Gasteiger partial charge in [0, 0.05) is 45.8 Å². The standard InChI is InChI=1S/C14H26N4O3/c1-15-13(17-9-12(19)16-5-8-20-2)18-6-3-14(10-18)4-7-21-11-14/h3-11H2,1-2H3,(H,15,17)(H,16,19). The Bertz CT molecular complexity index is 380. The quantitative estimate of drug-likeness (QED) is 0.404. The van der Waals surface area contributed by atoms with Crippen LogP contribution in [0.3, 0.4) is 0 Å². The SMILES string of the molecule is CN=C(NCC(=O)NCCOC)N1CCC2(CCOC2)C1. The van der Waals surface area contributed by atoms with Gasteiger partial charge >= 0.3 is 0 Å². The Kier molecular flexibility index (Phi) is 5.81. The van der Waals surface area contributed by atoms with Crippen LogP contribution in [0, 0.1) is 5.41 Å². The average Bonchev–Trinajstić information content (AvgIpc) is 3.11. The van der Waals surface area contributed by atoms with Gasteiger partial charge < -0.3 is 25.0 Å². The summed E-state index contributed by atoms with van der Waals surface area (Å²) in [5.41, 5.74) is 0.290. The number of likely N-dealkylation sites (tertiary alicyclic amines) is 1. The van der Waals surface area contributed by atoms with Crippen LogP contribution in [0.2, 0.25) is 0 Å². The molecule has 7 heteroatoms. The number of carbonyl (C=O) groups is 1. The molecular weight excluding hydrogens is 272 g/mol. The van der Waals surface area contributed by atoms with Crippen LogP contribution in [0.25, 0.3) is 0 Å². The van der Waals surface area contributed by atoms with Crippen LogP contribution in [0.1, 0.15) is 12.8 Å². The van der Waals surface area contributed by atoms with Gasteiger partial charge in [-0.15, -0.1) is 0 Å². The van der Waals surface area contributed by atoms with Gasteiger partial charge in [-0.2, -0.15) is 0 Å². The maximum atomic E-state index is 11.7. The van der Waals surface area contributed by atoms with Crippen molar-refractivity contribution in [3.8, 4) is 0 Å². The molecule has 120 valence electrons. The van der Waals surface area contributed by atoms with Crippen molar-refractivity contribution in [1.82, 2.24) is 15.5 Å². The maximum absolute atomic E-state index is 11.7. The van der Waals surface area contributed by atoms with Gasteiger partial charge in [0.05, 0.1) is 19.8 Å². The van der Waals surface area contributed by atoms with E-state index in [4.69, 9.17) is 9.47 Å². The third-order valence-electron chi connectivity index (χ3n) is 4.17. The van der Waals surface area contributed by atoms with Gasteiger partial charge in [0.2, 0.25) is 5.91 Å². The lowest BCUT2D eigenvalue weighted by Crippen LogP contribution is -2.45. The number of aliphatic imine (C=N–C) groups is 1. The summed E-state index contributed by atoms with van der Waals surface area (Å²) in [6.07, 6.45) is 2.26. The van der Waals surface area contributed by atoms with E-state index in [1.54, 1.807) is 14.2 Å². The number of hydrogen-bond donors (Lipinski definition) is 2. The van der Waals surface area contributed by atoms with Gasteiger partial charge in [-0.1, -0.05) is 0 Å². The number of rotatable bonds is 5. The third kappa shape index (κ3) is 4.31. The van der Waals surface area contributed by atoms with Crippen molar-refractivity contribution in [3.63, 3.8) is 0 Å². The number of ether oxygens (including phenoxy) is 2. The van der Waals surface area contributed by atoms with Gasteiger partial charge in [0.1, 0.15) is 0 Å². The molecule has 2 aliphatic rings. The number of carbonyl (C=O) groups excluding carboxylic acids is 1. The molecule has 0 bridgehead atoms. The topological polar surface area (TPSA) is 75.2 Å². The molecule has 1 atom stereocenters. The number of amides is 1. The van der Waals surface area contributed by atoms with Crippen LogP contribution in [0.15, 0.2) is 4.99 Å². The molecule has 1 spiro atoms.